The van der Waals surface area contributed by atoms with Crippen molar-refractivity contribution in [2.24, 2.45) is 0 Å². The molecule has 4 rings (SSSR count). The lowest BCUT2D eigenvalue weighted by Crippen LogP contribution is -2.50. The van der Waals surface area contributed by atoms with Crippen molar-refractivity contribution in [1.29, 1.82) is 0 Å². The summed E-state index contributed by atoms with van der Waals surface area (Å²) in [7, 11) is 3.30. The third-order valence-corrected chi connectivity index (χ3v) is 4.86. The number of nitrogens with zero attached hydrogens (tertiary/aromatic N) is 2. The van der Waals surface area contributed by atoms with E-state index in [1.54, 1.807) is 44.4 Å². The lowest BCUT2D eigenvalue weighted by atomic mass is 10.1. The summed E-state index contributed by atoms with van der Waals surface area (Å²) in [5.41, 5.74) is 0.948. The molecule has 0 aromatic heterocycles. The fraction of sp³-hybridized carbons (Fsp3) is 0.300. The summed E-state index contributed by atoms with van der Waals surface area (Å²) in [6.07, 6.45) is -0.790. The number of carbonyl (C=O) groups excluding carboxylic acids is 2. The molecule has 0 saturated heterocycles. The SMILES string of the molecule is CN(C)C(=O)[C@@H]1CN(C(=O)c2cc(Cl)c3c(c2)OCCO3)c2ccccc2O1. The van der Waals surface area contributed by atoms with E-state index < -0.39 is 6.10 Å². The highest BCUT2D eigenvalue weighted by Gasteiger charge is 2.35. The predicted molar refractivity (Wildman–Crippen MR) is 104 cm³/mol. The molecule has 28 heavy (non-hydrogen) atoms. The summed E-state index contributed by atoms with van der Waals surface area (Å²) >= 11 is 6.29. The average Bonchev–Trinajstić information content (AvgIpc) is 2.71. The van der Waals surface area contributed by atoms with Gasteiger partial charge in [-0.15, -0.1) is 0 Å². The Labute approximate surface area is 167 Å². The molecule has 1 atom stereocenters. The maximum atomic E-state index is 13.3. The molecule has 0 spiro atoms. The molecule has 2 aromatic rings. The number of ether oxygens (including phenoxy) is 3. The van der Waals surface area contributed by atoms with Crippen LogP contribution >= 0.6 is 11.6 Å². The van der Waals surface area contributed by atoms with E-state index in [-0.39, 0.29) is 18.4 Å². The molecular weight excluding hydrogens is 384 g/mol. The van der Waals surface area contributed by atoms with E-state index in [0.717, 1.165) is 0 Å². The fourth-order valence-electron chi connectivity index (χ4n) is 3.23. The molecule has 0 radical (unpaired) electrons. The molecule has 0 saturated carbocycles. The molecule has 2 aromatic carbocycles. The summed E-state index contributed by atoms with van der Waals surface area (Å²) in [6.45, 7) is 0.894. The summed E-state index contributed by atoms with van der Waals surface area (Å²) in [5, 5.41) is 0.308. The van der Waals surface area contributed by atoms with Crippen LogP contribution < -0.4 is 19.1 Å². The van der Waals surface area contributed by atoms with Crippen molar-refractivity contribution >= 4 is 29.1 Å². The number of hydrogen-bond acceptors (Lipinski definition) is 5. The Kier molecular flexibility index (Phi) is 4.77. The lowest BCUT2D eigenvalue weighted by Gasteiger charge is -2.35. The number of anilines is 1. The zero-order chi connectivity index (χ0) is 19.8. The normalized spacial score (nSPS) is 17.4. The summed E-state index contributed by atoms with van der Waals surface area (Å²) in [6, 6.07) is 10.3. The first-order chi connectivity index (χ1) is 13.5. The van der Waals surface area contributed by atoms with Crippen LogP contribution in [-0.4, -0.2) is 56.7 Å². The molecule has 0 aliphatic carbocycles. The maximum absolute atomic E-state index is 13.3. The number of rotatable bonds is 2. The maximum Gasteiger partial charge on any atom is 0.265 e. The molecule has 8 heteroatoms. The molecule has 2 amide bonds. The van der Waals surface area contributed by atoms with E-state index in [2.05, 4.69) is 0 Å². The zero-order valence-corrected chi connectivity index (χ0v) is 16.2. The minimum Gasteiger partial charge on any atom is -0.486 e. The first-order valence-corrected chi connectivity index (χ1v) is 9.21. The van der Waals surface area contributed by atoms with Gasteiger partial charge in [0.1, 0.15) is 19.0 Å². The molecule has 146 valence electrons. The average molecular weight is 403 g/mol. The van der Waals surface area contributed by atoms with Gasteiger partial charge >= 0.3 is 0 Å². The van der Waals surface area contributed by atoms with Crippen LogP contribution in [0.2, 0.25) is 5.02 Å². The van der Waals surface area contributed by atoms with Gasteiger partial charge in [-0.25, -0.2) is 0 Å². The van der Waals surface area contributed by atoms with Crippen molar-refractivity contribution in [2.75, 3.05) is 38.8 Å². The minimum atomic E-state index is -0.790. The third kappa shape index (κ3) is 3.22. The van der Waals surface area contributed by atoms with Crippen LogP contribution in [0.5, 0.6) is 17.2 Å². The molecule has 7 nitrogen and oxygen atoms in total. The molecule has 0 unspecified atom stereocenters. The van der Waals surface area contributed by atoms with Gasteiger partial charge in [-0.1, -0.05) is 23.7 Å². The van der Waals surface area contributed by atoms with Gasteiger partial charge in [0.05, 0.1) is 17.3 Å². The Morgan fingerprint density at radius 2 is 1.86 bits per heavy atom. The lowest BCUT2D eigenvalue weighted by molar-refractivity contribution is -0.135. The van der Waals surface area contributed by atoms with Crippen LogP contribution in [0.25, 0.3) is 0 Å². The van der Waals surface area contributed by atoms with E-state index in [0.29, 0.717) is 46.7 Å². The topological polar surface area (TPSA) is 68.3 Å². The highest BCUT2D eigenvalue weighted by Crippen LogP contribution is 2.40. The van der Waals surface area contributed by atoms with Gasteiger partial charge in [0.2, 0.25) is 0 Å². The summed E-state index contributed by atoms with van der Waals surface area (Å²) in [5.74, 6) is 0.835. The highest BCUT2D eigenvalue weighted by molar-refractivity contribution is 6.33. The number of halogens is 1. The quantitative estimate of drug-likeness (QED) is 0.772. The van der Waals surface area contributed by atoms with Gasteiger partial charge in [-0.2, -0.15) is 0 Å². The van der Waals surface area contributed by atoms with Gasteiger partial charge in [0.25, 0.3) is 11.8 Å². The molecule has 0 fully saturated rings. The Morgan fingerprint density at radius 3 is 2.64 bits per heavy atom. The number of para-hydroxylation sites is 2. The number of amides is 2. The molecule has 2 aliphatic heterocycles. The van der Waals surface area contributed by atoms with Crippen LogP contribution in [-0.2, 0) is 4.79 Å². The van der Waals surface area contributed by atoms with Crippen molar-refractivity contribution in [3.05, 3.63) is 47.0 Å². The van der Waals surface area contributed by atoms with Gasteiger partial charge < -0.3 is 24.0 Å². The van der Waals surface area contributed by atoms with Gasteiger partial charge in [-0.05, 0) is 24.3 Å². The van der Waals surface area contributed by atoms with Crippen LogP contribution in [0.15, 0.2) is 36.4 Å². The molecule has 2 aliphatic rings. The number of fused-ring (bicyclic) bond motifs is 2. The van der Waals surface area contributed by atoms with E-state index in [1.807, 2.05) is 6.07 Å². The number of benzene rings is 2. The second-order valence-electron chi connectivity index (χ2n) is 6.70. The Balaban J connectivity index is 1.72. The number of likely N-dealkylation sites (N-methyl/N-ethyl adjacent to an activating group) is 1. The van der Waals surface area contributed by atoms with Gasteiger partial charge in [-0.3, -0.25) is 9.59 Å². The second-order valence-corrected chi connectivity index (χ2v) is 7.11. The summed E-state index contributed by atoms with van der Waals surface area (Å²) in [4.78, 5) is 28.8. The first kappa shape index (κ1) is 18.4. The first-order valence-electron chi connectivity index (χ1n) is 8.83. The van der Waals surface area contributed by atoms with Crippen LogP contribution in [0, 0.1) is 0 Å². The van der Waals surface area contributed by atoms with Crippen LogP contribution in [0.4, 0.5) is 5.69 Å². The largest absolute Gasteiger partial charge is 0.486 e. The van der Waals surface area contributed by atoms with Crippen LogP contribution in [0.1, 0.15) is 10.4 Å². The Morgan fingerprint density at radius 1 is 1.11 bits per heavy atom. The molecule has 0 bridgehead atoms. The summed E-state index contributed by atoms with van der Waals surface area (Å²) < 4.78 is 16.9. The molecule has 0 N–H and O–H groups in total. The monoisotopic (exact) mass is 402 g/mol. The van der Waals surface area contributed by atoms with Crippen molar-refractivity contribution in [3.8, 4) is 17.2 Å². The fourth-order valence-corrected chi connectivity index (χ4v) is 3.50. The Bertz CT molecular complexity index is 946. The smallest absolute Gasteiger partial charge is 0.265 e. The molecular formula is C20H19ClN2O5. The van der Waals surface area contributed by atoms with Gasteiger partial charge in [0, 0.05) is 19.7 Å². The third-order valence-electron chi connectivity index (χ3n) is 4.58. The predicted octanol–water partition coefficient (Wildman–Crippen LogP) is 2.61. The van der Waals surface area contributed by atoms with E-state index >= 15 is 0 Å². The minimum absolute atomic E-state index is 0.0962. The second kappa shape index (κ2) is 7.24. The zero-order valence-electron chi connectivity index (χ0n) is 15.5. The van der Waals surface area contributed by atoms with E-state index in [9.17, 15) is 9.59 Å². The van der Waals surface area contributed by atoms with Crippen molar-refractivity contribution in [3.63, 3.8) is 0 Å². The number of hydrogen-bond donors (Lipinski definition) is 0. The van der Waals surface area contributed by atoms with Crippen LogP contribution in [0.3, 0.4) is 0 Å². The van der Waals surface area contributed by atoms with Crippen molar-refractivity contribution in [1.82, 2.24) is 4.90 Å². The highest BCUT2D eigenvalue weighted by atomic mass is 35.5. The van der Waals surface area contributed by atoms with Crippen molar-refractivity contribution < 1.29 is 23.8 Å². The number of carbonyl (C=O) groups is 2. The van der Waals surface area contributed by atoms with Gasteiger partial charge in [0.15, 0.2) is 17.6 Å². The van der Waals surface area contributed by atoms with Crippen molar-refractivity contribution in [2.45, 2.75) is 6.10 Å². The van der Waals surface area contributed by atoms with E-state index in [4.69, 9.17) is 25.8 Å². The standard InChI is InChI=1S/C20H19ClN2O5/c1-22(2)20(25)17-11-23(14-5-3-4-6-15(14)28-17)19(24)12-9-13(21)18-16(10-12)26-7-8-27-18/h3-6,9-10,17H,7-8,11H2,1-2H3/t17-/m0/s1. The van der Waals surface area contributed by atoms with E-state index in [1.165, 1.54) is 9.80 Å². The Hall–Kier alpha value is -2.93. The molecule has 2 heterocycles.